The third-order valence-electron chi connectivity index (χ3n) is 3.15. The minimum atomic E-state index is 0.798. The Morgan fingerprint density at radius 1 is 0.789 bits per heavy atom. The summed E-state index contributed by atoms with van der Waals surface area (Å²) in [6.45, 7) is 1.98. The second-order valence-electron chi connectivity index (χ2n) is 4.75. The van der Waals surface area contributed by atoms with Crippen LogP contribution in [0.2, 0.25) is 5.02 Å². The van der Waals surface area contributed by atoms with Crippen molar-refractivity contribution in [2.45, 2.75) is 25.8 Å². The van der Waals surface area contributed by atoms with Crippen molar-refractivity contribution in [3.05, 3.63) is 70.7 Å². The fourth-order valence-corrected chi connectivity index (χ4v) is 2.18. The Hall–Kier alpha value is -1.31. The van der Waals surface area contributed by atoms with Crippen molar-refractivity contribution >= 4 is 11.6 Å². The molecule has 0 unspecified atom stereocenters. The molecule has 0 aliphatic rings. The minimum absolute atomic E-state index is 0.798. The molecule has 0 spiro atoms. The zero-order valence-electron chi connectivity index (χ0n) is 11.1. The average molecular weight is 274 g/mol. The smallest absolute Gasteiger partial charge is 0.0406 e. The number of hydrogen-bond acceptors (Lipinski definition) is 1. The molecule has 0 heterocycles. The van der Waals surface area contributed by atoms with Crippen molar-refractivity contribution in [2.75, 3.05) is 6.54 Å². The molecule has 1 nitrogen and oxygen atoms in total. The highest BCUT2D eigenvalue weighted by Gasteiger charge is 1.94. The van der Waals surface area contributed by atoms with E-state index in [0.29, 0.717) is 0 Å². The summed E-state index contributed by atoms with van der Waals surface area (Å²) >= 11 is 5.85. The lowest BCUT2D eigenvalue weighted by molar-refractivity contribution is 0.623. The van der Waals surface area contributed by atoms with Gasteiger partial charge in [0.1, 0.15) is 0 Å². The maximum Gasteiger partial charge on any atom is 0.0406 e. The van der Waals surface area contributed by atoms with Gasteiger partial charge in [-0.25, -0.2) is 0 Å². The normalized spacial score (nSPS) is 10.6. The fourth-order valence-electron chi connectivity index (χ4n) is 2.06. The highest BCUT2D eigenvalue weighted by Crippen LogP contribution is 2.09. The Morgan fingerprint density at radius 2 is 1.53 bits per heavy atom. The number of hydrogen-bond donors (Lipinski definition) is 1. The van der Waals surface area contributed by atoms with Crippen LogP contribution >= 0.6 is 11.6 Å². The van der Waals surface area contributed by atoms with Crippen LogP contribution in [0.5, 0.6) is 0 Å². The quantitative estimate of drug-likeness (QED) is 0.735. The third kappa shape index (κ3) is 5.46. The van der Waals surface area contributed by atoms with Gasteiger partial charge in [0.2, 0.25) is 0 Å². The summed E-state index contributed by atoms with van der Waals surface area (Å²) in [4.78, 5) is 0. The van der Waals surface area contributed by atoms with Gasteiger partial charge in [0, 0.05) is 11.6 Å². The first-order chi connectivity index (χ1) is 9.34. The molecule has 2 aromatic rings. The molecule has 0 saturated heterocycles. The molecule has 0 saturated carbocycles. The lowest BCUT2D eigenvalue weighted by atomic mass is 10.1. The molecular weight excluding hydrogens is 254 g/mol. The topological polar surface area (TPSA) is 12.0 Å². The maximum atomic E-state index is 5.85. The van der Waals surface area contributed by atoms with Crippen molar-refractivity contribution in [2.24, 2.45) is 0 Å². The molecule has 19 heavy (non-hydrogen) atoms. The zero-order valence-corrected chi connectivity index (χ0v) is 11.9. The van der Waals surface area contributed by atoms with Gasteiger partial charge >= 0.3 is 0 Å². The van der Waals surface area contributed by atoms with E-state index in [1.54, 1.807) is 0 Å². The predicted molar refractivity (Wildman–Crippen MR) is 82.5 cm³/mol. The molecule has 2 rings (SSSR count). The first-order valence-electron chi connectivity index (χ1n) is 6.84. The summed E-state index contributed by atoms with van der Waals surface area (Å²) < 4.78 is 0. The van der Waals surface area contributed by atoms with E-state index in [9.17, 15) is 0 Å². The number of aryl methyl sites for hydroxylation is 1. The molecule has 0 atom stereocenters. The molecule has 0 radical (unpaired) electrons. The van der Waals surface area contributed by atoms with Crippen LogP contribution in [-0.2, 0) is 13.0 Å². The second-order valence-corrected chi connectivity index (χ2v) is 5.18. The zero-order chi connectivity index (χ0) is 13.3. The SMILES string of the molecule is Clc1ccc(CNCCCCc2ccccc2)cc1. The summed E-state index contributed by atoms with van der Waals surface area (Å²) in [6, 6.07) is 18.7. The van der Waals surface area contributed by atoms with Crippen molar-refractivity contribution in [3.8, 4) is 0 Å². The molecule has 1 N–H and O–H groups in total. The fraction of sp³-hybridized carbons (Fsp3) is 0.294. The van der Waals surface area contributed by atoms with Gasteiger partial charge in [-0.05, 0) is 49.1 Å². The summed E-state index contributed by atoms with van der Waals surface area (Å²) in [5.74, 6) is 0. The molecule has 0 aliphatic heterocycles. The molecule has 0 aromatic heterocycles. The van der Waals surface area contributed by atoms with Crippen molar-refractivity contribution in [1.29, 1.82) is 0 Å². The molecule has 0 fully saturated rings. The van der Waals surface area contributed by atoms with Gasteiger partial charge in [-0.15, -0.1) is 0 Å². The molecule has 100 valence electrons. The van der Waals surface area contributed by atoms with Gasteiger partial charge in [0.05, 0.1) is 0 Å². The molecule has 0 amide bonds. The van der Waals surface area contributed by atoms with Gasteiger partial charge in [0.25, 0.3) is 0 Å². The Balaban J connectivity index is 1.56. The largest absolute Gasteiger partial charge is 0.313 e. The highest BCUT2D eigenvalue weighted by atomic mass is 35.5. The molecular formula is C17H20ClN. The number of rotatable bonds is 7. The van der Waals surface area contributed by atoms with Crippen molar-refractivity contribution in [3.63, 3.8) is 0 Å². The second kappa shape index (κ2) is 7.98. The summed E-state index contributed by atoms with van der Waals surface area (Å²) in [6.07, 6.45) is 3.61. The maximum absolute atomic E-state index is 5.85. The molecule has 0 aliphatic carbocycles. The van der Waals surface area contributed by atoms with Crippen LogP contribution in [-0.4, -0.2) is 6.54 Å². The predicted octanol–water partition coefficient (Wildman–Crippen LogP) is 4.45. The minimum Gasteiger partial charge on any atom is -0.313 e. The average Bonchev–Trinajstić information content (AvgIpc) is 2.46. The Bertz CT molecular complexity index is 464. The van der Waals surface area contributed by atoms with Crippen LogP contribution in [0.15, 0.2) is 54.6 Å². The van der Waals surface area contributed by atoms with E-state index >= 15 is 0 Å². The summed E-state index contributed by atoms with van der Waals surface area (Å²) in [5.41, 5.74) is 2.72. The Kier molecular flexibility index (Phi) is 5.93. The van der Waals surface area contributed by atoms with E-state index in [-0.39, 0.29) is 0 Å². The van der Waals surface area contributed by atoms with E-state index in [4.69, 9.17) is 11.6 Å². The van der Waals surface area contributed by atoms with Gasteiger partial charge in [-0.2, -0.15) is 0 Å². The van der Waals surface area contributed by atoms with Crippen LogP contribution in [0, 0.1) is 0 Å². The van der Waals surface area contributed by atoms with Crippen LogP contribution in [0.4, 0.5) is 0 Å². The lowest BCUT2D eigenvalue weighted by Crippen LogP contribution is -2.14. The Labute approximate surface area is 120 Å². The van der Waals surface area contributed by atoms with Gasteiger partial charge in [0.15, 0.2) is 0 Å². The van der Waals surface area contributed by atoms with Crippen LogP contribution in [0.25, 0.3) is 0 Å². The van der Waals surface area contributed by atoms with E-state index in [0.717, 1.165) is 18.1 Å². The van der Waals surface area contributed by atoms with Gasteiger partial charge < -0.3 is 5.32 Å². The third-order valence-corrected chi connectivity index (χ3v) is 3.41. The standard InChI is InChI=1S/C17H20ClN/c18-17-11-9-16(10-12-17)14-19-13-5-4-8-15-6-2-1-3-7-15/h1-3,6-7,9-12,19H,4-5,8,13-14H2. The number of nitrogens with one attached hydrogen (secondary N) is 1. The Morgan fingerprint density at radius 3 is 2.26 bits per heavy atom. The van der Waals surface area contributed by atoms with Crippen LogP contribution in [0.1, 0.15) is 24.0 Å². The van der Waals surface area contributed by atoms with E-state index in [1.165, 1.54) is 30.4 Å². The molecule has 2 heteroatoms. The number of halogens is 1. The molecule has 2 aromatic carbocycles. The first kappa shape index (κ1) is 14.1. The van der Waals surface area contributed by atoms with E-state index < -0.39 is 0 Å². The summed E-state index contributed by atoms with van der Waals surface area (Å²) in [5, 5.41) is 4.26. The van der Waals surface area contributed by atoms with Gasteiger partial charge in [-0.1, -0.05) is 54.1 Å². The van der Waals surface area contributed by atoms with Crippen molar-refractivity contribution in [1.82, 2.24) is 5.32 Å². The molecule has 0 bridgehead atoms. The van der Waals surface area contributed by atoms with Crippen LogP contribution < -0.4 is 5.32 Å². The van der Waals surface area contributed by atoms with E-state index in [1.807, 2.05) is 12.1 Å². The van der Waals surface area contributed by atoms with Crippen molar-refractivity contribution < 1.29 is 0 Å². The highest BCUT2D eigenvalue weighted by molar-refractivity contribution is 6.30. The van der Waals surface area contributed by atoms with E-state index in [2.05, 4.69) is 47.8 Å². The van der Waals surface area contributed by atoms with Gasteiger partial charge in [-0.3, -0.25) is 0 Å². The van der Waals surface area contributed by atoms with Crippen LogP contribution in [0.3, 0.4) is 0 Å². The lowest BCUT2D eigenvalue weighted by Gasteiger charge is -2.05. The summed E-state index contributed by atoms with van der Waals surface area (Å²) in [7, 11) is 0. The monoisotopic (exact) mass is 273 g/mol. The first-order valence-corrected chi connectivity index (χ1v) is 7.21. The number of unbranched alkanes of at least 4 members (excludes halogenated alkanes) is 1. The number of benzene rings is 2.